The lowest BCUT2D eigenvalue weighted by Gasteiger charge is -2.23. The topological polar surface area (TPSA) is 142 Å². The molecule has 4 rings (SSSR count). The number of anilines is 1. The third-order valence-electron chi connectivity index (χ3n) is 5.68. The molecule has 0 fully saturated rings. The van der Waals surface area contributed by atoms with E-state index in [-0.39, 0.29) is 18.4 Å². The third-order valence-corrected chi connectivity index (χ3v) is 5.68. The standard InChI is InChI=1S/C27H31N5O5/c1-6-16(31-26(34)37-27(2,3)4)14-36-17-7-15(11-29-12-17)21-8-18-19-9-23(33)24(35-5)10-22(19)30-13-20(18)25(28)32-21/h7-13,16,33H,6,14H2,1-5H3,(H2,28,32)(H,31,34)/t16-/m1/s1. The normalized spacial score (nSPS) is 12.4. The quantitative estimate of drug-likeness (QED) is 0.301. The summed E-state index contributed by atoms with van der Waals surface area (Å²) in [4.78, 5) is 25.4. The lowest BCUT2D eigenvalue weighted by atomic mass is 10.0. The van der Waals surface area contributed by atoms with Crippen LogP contribution in [-0.4, -0.2) is 51.5 Å². The van der Waals surface area contributed by atoms with Crippen molar-refractivity contribution >= 4 is 33.6 Å². The lowest BCUT2D eigenvalue weighted by Crippen LogP contribution is -2.41. The van der Waals surface area contributed by atoms with Crippen molar-refractivity contribution in [1.29, 1.82) is 0 Å². The molecule has 194 valence electrons. The van der Waals surface area contributed by atoms with Crippen LogP contribution in [0.2, 0.25) is 0 Å². The van der Waals surface area contributed by atoms with Gasteiger partial charge < -0.3 is 30.4 Å². The molecule has 0 aliphatic rings. The number of aromatic nitrogens is 3. The highest BCUT2D eigenvalue weighted by atomic mass is 16.6. The van der Waals surface area contributed by atoms with Crippen LogP contribution in [0.15, 0.2) is 42.9 Å². The predicted molar refractivity (Wildman–Crippen MR) is 142 cm³/mol. The summed E-state index contributed by atoms with van der Waals surface area (Å²) < 4.78 is 16.5. The zero-order valence-corrected chi connectivity index (χ0v) is 21.5. The highest BCUT2D eigenvalue weighted by Crippen LogP contribution is 2.36. The van der Waals surface area contributed by atoms with Crippen LogP contribution in [0.25, 0.3) is 32.9 Å². The number of hydrogen-bond donors (Lipinski definition) is 3. The number of ether oxygens (including phenoxy) is 3. The minimum atomic E-state index is -0.581. The average Bonchev–Trinajstić information content (AvgIpc) is 2.85. The minimum absolute atomic E-state index is 0.00349. The first-order chi connectivity index (χ1) is 17.6. The third kappa shape index (κ3) is 5.91. The van der Waals surface area contributed by atoms with Gasteiger partial charge in [0.05, 0.1) is 30.6 Å². The first-order valence-corrected chi connectivity index (χ1v) is 11.9. The molecule has 0 unspecified atom stereocenters. The summed E-state index contributed by atoms with van der Waals surface area (Å²) in [5, 5.41) is 15.3. The molecular formula is C27H31N5O5. The average molecular weight is 506 g/mol. The highest BCUT2D eigenvalue weighted by molar-refractivity contribution is 6.10. The maximum Gasteiger partial charge on any atom is 0.407 e. The van der Waals surface area contributed by atoms with Gasteiger partial charge in [0.25, 0.3) is 0 Å². The molecule has 0 saturated heterocycles. The first-order valence-electron chi connectivity index (χ1n) is 11.9. The molecule has 0 spiro atoms. The van der Waals surface area contributed by atoms with Crippen molar-refractivity contribution < 1.29 is 24.1 Å². The number of amides is 1. The van der Waals surface area contributed by atoms with Crippen molar-refractivity contribution in [1.82, 2.24) is 20.3 Å². The molecule has 0 aliphatic carbocycles. The second-order valence-electron chi connectivity index (χ2n) is 9.63. The molecule has 10 heteroatoms. The van der Waals surface area contributed by atoms with Crippen LogP contribution in [0, 0.1) is 0 Å². The predicted octanol–water partition coefficient (Wildman–Crippen LogP) is 4.82. The number of pyridine rings is 3. The SMILES string of the molecule is CC[C@H](COc1cncc(-c2cc3c(cnc4cc(OC)c(O)cc43)c(N)n2)c1)NC(=O)OC(C)(C)C. The van der Waals surface area contributed by atoms with Crippen molar-refractivity contribution in [2.45, 2.75) is 45.8 Å². The van der Waals surface area contributed by atoms with E-state index >= 15 is 0 Å². The summed E-state index contributed by atoms with van der Waals surface area (Å²) in [6.07, 6.45) is 5.09. The Balaban J connectivity index is 1.60. The van der Waals surface area contributed by atoms with Crippen molar-refractivity contribution in [3.8, 4) is 28.5 Å². The van der Waals surface area contributed by atoms with E-state index in [1.165, 1.54) is 7.11 Å². The van der Waals surface area contributed by atoms with Crippen LogP contribution in [0.5, 0.6) is 17.2 Å². The molecule has 0 radical (unpaired) electrons. The fourth-order valence-electron chi connectivity index (χ4n) is 3.83. The number of nitrogens with two attached hydrogens (primary N) is 1. The van der Waals surface area contributed by atoms with Crippen molar-refractivity contribution in [2.75, 3.05) is 19.5 Å². The van der Waals surface area contributed by atoms with E-state index in [2.05, 4.69) is 20.3 Å². The van der Waals surface area contributed by atoms with E-state index in [4.69, 9.17) is 19.9 Å². The number of nitrogen functional groups attached to an aromatic ring is 1. The van der Waals surface area contributed by atoms with E-state index in [0.717, 1.165) is 5.39 Å². The smallest absolute Gasteiger partial charge is 0.407 e. The molecule has 37 heavy (non-hydrogen) atoms. The number of hydrogen-bond acceptors (Lipinski definition) is 9. The number of fused-ring (bicyclic) bond motifs is 3. The van der Waals surface area contributed by atoms with E-state index in [0.29, 0.717) is 51.3 Å². The van der Waals surface area contributed by atoms with E-state index in [1.54, 1.807) is 30.7 Å². The van der Waals surface area contributed by atoms with Crippen molar-refractivity contribution in [2.24, 2.45) is 0 Å². The monoisotopic (exact) mass is 505 g/mol. The molecule has 1 atom stereocenters. The molecule has 0 aliphatic heterocycles. The second-order valence-corrected chi connectivity index (χ2v) is 9.63. The van der Waals surface area contributed by atoms with Gasteiger partial charge in [0.1, 0.15) is 23.8 Å². The zero-order valence-electron chi connectivity index (χ0n) is 21.5. The first kappa shape index (κ1) is 25.7. The Labute approximate surface area is 214 Å². The van der Waals surface area contributed by atoms with E-state index < -0.39 is 11.7 Å². The summed E-state index contributed by atoms with van der Waals surface area (Å²) in [5.41, 5.74) is 7.63. The number of benzene rings is 1. The molecule has 0 bridgehead atoms. The summed E-state index contributed by atoms with van der Waals surface area (Å²) in [6.45, 7) is 7.63. The molecule has 3 heterocycles. The number of carbonyl (C=O) groups excluding carboxylic acids is 1. The fraction of sp³-hybridized carbons (Fsp3) is 0.333. The van der Waals surface area contributed by atoms with Gasteiger partial charge in [-0.3, -0.25) is 9.97 Å². The summed E-state index contributed by atoms with van der Waals surface area (Å²) in [7, 11) is 1.49. The molecule has 1 amide bonds. The van der Waals surface area contributed by atoms with Crippen LogP contribution in [0.3, 0.4) is 0 Å². The Morgan fingerprint density at radius 1 is 1.11 bits per heavy atom. The van der Waals surface area contributed by atoms with Gasteiger partial charge in [-0.1, -0.05) is 6.92 Å². The Kier molecular flexibility index (Phi) is 7.19. The van der Waals surface area contributed by atoms with Gasteiger partial charge in [0.15, 0.2) is 11.5 Å². The molecule has 1 aromatic carbocycles. The molecule has 10 nitrogen and oxygen atoms in total. The summed E-state index contributed by atoms with van der Waals surface area (Å²) in [6, 6.07) is 6.72. The molecule has 3 aromatic heterocycles. The number of phenolic OH excluding ortho intramolecular Hbond substituents is 1. The minimum Gasteiger partial charge on any atom is -0.504 e. The zero-order chi connectivity index (χ0) is 26.7. The number of methoxy groups -OCH3 is 1. The Bertz CT molecular complexity index is 1450. The van der Waals surface area contributed by atoms with Gasteiger partial charge in [0.2, 0.25) is 0 Å². The number of phenols is 1. The van der Waals surface area contributed by atoms with Gasteiger partial charge >= 0.3 is 6.09 Å². The maximum atomic E-state index is 12.1. The highest BCUT2D eigenvalue weighted by Gasteiger charge is 2.19. The number of aromatic hydroxyl groups is 1. The van der Waals surface area contributed by atoms with Crippen molar-refractivity contribution in [3.63, 3.8) is 0 Å². The Morgan fingerprint density at radius 2 is 1.89 bits per heavy atom. The van der Waals surface area contributed by atoms with Crippen LogP contribution in [-0.2, 0) is 4.74 Å². The molecule has 0 saturated carbocycles. The largest absolute Gasteiger partial charge is 0.504 e. The number of nitrogens with zero attached hydrogens (tertiary/aromatic N) is 3. The van der Waals surface area contributed by atoms with Gasteiger partial charge in [-0.25, -0.2) is 9.78 Å². The van der Waals surface area contributed by atoms with Gasteiger partial charge in [0, 0.05) is 34.8 Å². The molecule has 4 aromatic rings. The fourth-order valence-corrected chi connectivity index (χ4v) is 3.83. The summed E-state index contributed by atoms with van der Waals surface area (Å²) >= 11 is 0. The van der Waals surface area contributed by atoms with Crippen LogP contribution >= 0.6 is 0 Å². The Hall–Kier alpha value is -4.34. The van der Waals surface area contributed by atoms with Crippen LogP contribution in [0.1, 0.15) is 34.1 Å². The van der Waals surface area contributed by atoms with Gasteiger partial charge in [-0.15, -0.1) is 0 Å². The van der Waals surface area contributed by atoms with E-state index in [1.807, 2.05) is 39.8 Å². The second kappa shape index (κ2) is 10.3. The number of rotatable bonds is 7. The maximum absolute atomic E-state index is 12.1. The number of carbonyl (C=O) groups is 1. The van der Waals surface area contributed by atoms with Crippen LogP contribution < -0.4 is 20.5 Å². The Morgan fingerprint density at radius 3 is 2.59 bits per heavy atom. The molecule has 4 N–H and O–H groups in total. The number of nitrogens with one attached hydrogen (secondary N) is 1. The van der Waals surface area contributed by atoms with Gasteiger partial charge in [-0.2, -0.15) is 0 Å². The van der Waals surface area contributed by atoms with Gasteiger partial charge in [-0.05, 0) is 50.8 Å². The van der Waals surface area contributed by atoms with Crippen LogP contribution in [0.4, 0.5) is 10.6 Å². The van der Waals surface area contributed by atoms with E-state index in [9.17, 15) is 9.90 Å². The van der Waals surface area contributed by atoms with Crippen molar-refractivity contribution in [3.05, 3.63) is 42.9 Å². The lowest BCUT2D eigenvalue weighted by molar-refractivity contribution is 0.0486. The molecular weight excluding hydrogens is 474 g/mol. The number of alkyl carbamates (subject to hydrolysis) is 1. The summed E-state index contributed by atoms with van der Waals surface area (Å²) in [5.74, 6) is 1.16.